The first-order chi connectivity index (χ1) is 14.0. The Labute approximate surface area is 210 Å². The zero-order chi connectivity index (χ0) is 23.9. The van der Waals surface area contributed by atoms with Gasteiger partial charge in [0.05, 0.1) is 0 Å². The highest BCUT2D eigenvalue weighted by Crippen LogP contribution is 2.11. The predicted octanol–water partition coefficient (Wildman–Crippen LogP) is 10.4. The van der Waals surface area contributed by atoms with E-state index < -0.39 is 0 Å². The highest BCUT2D eigenvalue weighted by Gasteiger charge is 1.96. The Morgan fingerprint density at radius 1 is 0.516 bits per heavy atom. The largest absolute Gasteiger partial charge is 0.0859 e. The number of hydrogen-bond donors (Lipinski definition) is 0. The zero-order valence-electron chi connectivity index (χ0n) is 23.0. The Balaban J connectivity index is -0.000000174. The molecule has 31 heavy (non-hydrogen) atoms. The van der Waals surface area contributed by atoms with Gasteiger partial charge < -0.3 is 0 Å². The smallest absolute Gasteiger partial charge is 0 e. The third-order valence-electron chi connectivity index (χ3n) is 5.11. The van der Waals surface area contributed by atoms with Crippen LogP contribution in [0.3, 0.4) is 0 Å². The van der Waals surface area contributed by atoms with E-state index in [9.17, 15) is 0 Å². The van der Waals surface area contributed by atoms with E-state index in [-0.39, 0.29) is 17.4 Å². The van der Waals surface area contributed by atoms with Gasteiger partial charge in [0.2, 0.25) is 0 Å². The van der Waals surface area contributed by atoms with Crippen LogP contribution >= 0.6 is 0 Å². The minimum absolute atomic E-state index is 0. The van der Waals surface area contributed by atoms with Gasteiger partial charge in [-0.05, 0) is 97.8 Å². The van der Waals surface area contributed by atoms with E-state index in [0.717, 1.165) is 37.0 Å². The molecule has 0 aliphatic rings. The molecule has 3 unspecified atom stereocenters. The van der Waals surface area contributed by atoms with Crippen molar-refractivity contribution in [2.24, 2.45) is 17.8 Å². The molecule has 0 aliphatic heterocycles. The molecule has 0 saturated carbocycles. The maximum absolute atomic E-state index is 3.86. The molecule has 0 bridgehead atoms. The van der Waals surface area contributed by atoms with Crippen LogP contribution in [0.4, 0.5) is 0 Å². The third kappa shape index (κ3) is 40.6. The van der Waals surface area contributed by atoms with Crippen molar-refractivity contribution >= 4 is 17.4 Å². The van der Waals surface area contributed by atoms with Crippen molar-refractivity contribution in [2.75, 3.05) is 0 Å². The van der Waals surface area contributed by atoms with Gasteiger partial charge >= 0.3 is 0 Å². The Kier molecular flexibility index (Phi) is 34.1. The molecule has 3 atom stereocenters. The minimum Gasteiger partial charge on any atom is -0.0859 e. The molecule has 0 nitrogen and oxygen atoms in total. The van der Waals surface area contributed by atoms with Crippen LogP contribution in [0.1, 0.15) is 120 Å². The van der Waals surface area contributed by atoms with Gasteiger partial charge in [-0.2, -0.15) is 0 Å². The SMILES string of the molecule is [Al].[CH2]CC(C)CCC=C(C)C.[CH2]CC(C)CCC=C(C)C.[CH2]CC(C)CCC=C(C)C. The van der Waals surface area contributed by atoms with Crippen LogP contribution in [0.25, 0.3) is 0 Å². The van der Waals surface area contributed by atoms with Crippen LogP contribution in [0.15, 0.2) is 34.9 Å². The summed E-state index contributed by atoms with van der Waals surface area (Å²) in [6.07, 6.45) is 17.6. The first-order valence-corrected chi connectivity index (χ1v) is 12.3. The van der Waals surface area contributed by atoms with Gasteiger partial charge in [-0.3, -0.25) is 0 Å². The van der Waals surface area contributed by atoms with Crippen molar-refractivity contribution < 1.29 is 0 Å². The van der Waals surface area contributed by atoms with Crippen molar-refractivity contribution in [2.45, 2.75) is 120 Å². The fourth-order valence-corrected chi connectivity index (χ4v) is 2.40. The van der Waals surface area contributed by atoms with Gasteiger partial charge in [-0.1, -0.05) is 95.8 Å². The Bertz CT molecular complexity index is 363. The maximum Gasteiger partial charge on any atom is 0 e. The summed E-state index contributed by atoms with van der Waals surface area (Å²) in [4.78, 5) is 0. The van der Waals surface area contributed by atoms with Gasteiger partial charge in [0, 0.05) is 17.4 Å². The Hall–Kier alpha value is -0.248. The molecule has 180 valence electrons. The second-order valence-corrected chi connectivity index (χ2v) is 9.76. The van der Waals surface area contributed by atoms with Gasteiger partial charge in [0.15, 0.2) is 0 Å². The molecule has 0 aliphatic carbocycles. The molecule has 0 N–H and O–H groups in total. The van der Waals surface area contributed by atoms with E-state index in [4.69, 9.17) is 0 Å². The summed E-state index contributed by atoms with van der Waals surface area (Å²) in [6.45, 7) is 31.2. The molecule has 0 spiro atoms. The van der Waals surface area contributed by atoms with Crippen LogP contribution in [0, 0.1) is 38.5 Å². The van der Waals surface area contributed by atoms with Crippen molar-refractivity contribution in [1.82, 2.24) is 0 Å². The number of allylic oxidation sites excluding steroid dienone is 6. The molecule has 0 aromatic heterocycles. The molecule has 0 heterocycles. The van der Waals surface area contributed by atoms with Crippen molar-refractivity contribution in [3.8, 4) is 0 Å². The normalized spacial score (nSPS) is 12.4. The molecule has 0 amide bonds. The molecule has 0 aromatic rings. The van der Waals surface area contributed by atoms with Crippen LogP contribution in [-0.2, 0) is 0 Å². The van der Waals surface area contributed by atoms with E-state index in [0.29, 0.717) is 0 Å². The fraction of sp³-hybridized carbons (Fsp3) is 0.700. The summed E-state index contributed by atoms with van der Waals surface area (Å²) in [5.74, 6) is 2.36. The van der Waals surface area contributed by atoms with Crippen molar-refractivity contribution in [3.05, 3.63) is 55.7 Å². The molecule has 0 aromatic carbocycles. The topological polar surface area (TPSA) is 0 Å². The lowest BCUT2D eigenvalue weighted by Gasteiger charge is -2.04. The third-order valence-corrected chi connectivity index (χ3v) is 5.11. The molecule has 0 rings (SSSR count). The molecular weight excluding hydrogens is 387 g/mol. The van der Waals surface area contributed by atoms with Gasteiger partial charge in [-0.15, -0.1) is 0 Å². The standard InChI is InChI=1S/3C10H19.Al/c3*1-5-10(4)8-6-7-9(2)3;/h3*7,10H,1,5-6,8H2,2-4H3;. The van der Waals surface area contributed by atoms with Crippen LogP contribution in [0.2, 0.25) is 0 Å². The average molecular weight is 445 g/mol. The summed E-state index contributed by atoms with van der Waals surface area (Å²) >= 11 is 0. The highest BCUT2D eigenvalue weighted by molar-refractivity contribution is 5.75. The van der Waals surface area contributed by atoms with Crippen molar-refractivity contribution in [3.63, 3.8) is 0 Å². The van der Waals surface area contributed by atoms with Gasteiger partial charge in [0.1, 0.15) is 0 Å². The second-order valence-electron chi connectivity index (χ2n) is 9.76. The molecule has 0 fully saturated rings. The lowest BCUT2D eigenvalue weighted by molar-refractivity contribution is 0.544. The molecule has 1 heteroatoms. The average Bonchev–Trinajstić information content (AvgIpc) is 2.67. The second kappa shape index (κ2) is 27.8. The first kappa shape index (κ1) is 38.0. The summed E-state index contributed by atoms with van der Waals surface area (Å²) in [5, 5.41) is 0. The summed E-state index contributed by atoms with van der Waals surface area (Å²) in [5.41, 5.74) is 4.28. The van der Waals surface area contributed by atoms with Crippen LogP contribution in [-0.4, -0.2) is 17.4 Å². The lowest BCUT2D eigenvalue weighted by atomic mass is 10.0. The van der Waals surface area contributed by atoms with Crippen LogP contribution < -0.4 is 0 Å². The lowest BCUT2D eigenvalue weighted by Crippen LogP contribution is -1.89. The molecule has 6 radical (unpaired) electrons. The Morgan fingerprint density at radius 2 is 0.710 bits per heavy atom. The first-order valence-electron chi connectivity index (χ1n) is 12.3. The van der Waals surface area contributed by atoms with Crippen LogP contribution in [0.5, 0.6) is 0 Å². The monoisotopic (exact) mass is 444 g/mol. The van der Waals surface area contributed by atoms with Gasteiger partial charge in [-0.25, -0.2) is 0 Å². The zero-order valence-corrected chi connectivity index (χ0v) is 24.2. The minimum atomic E-state index is 0. The Morgan fingerprint density at radius 3 is 0.839 bits per heavy atom. The van der Waals surface area contributed by atoms with Gasteiger partial charge in [0.25, 0.3) is 0 Å². The molecule has 0 saturated heterocycles. The summed E-state index contributed by atoms with van der Waals surface area (Å²) < 4.78 is 0. The quantitative estimate of drug-likeness (QED) is 0.207. The summed E-state index contributed by atoms with van der Waals surface area (Å²) in [6, 6.07) is 0. The van der Waals surface area contributed by atoms with E-state index in [2.05, 4.69) is 101 Å². The van der Waals surface area contributed by atoms with E-state index in [1.54, 1.807) is 0 Å². The maximum atomic E-state index is 3.86. The molecular formula is C30H57Al. The fourth-order valence-electron chi connectivity index (χ4n) is 2.40. The van der Waals surface area contributed by atoms with E-state index in [1.165, 1.54) is 55.2 Å². The predicted molar refractivity (Wildman–Crippen MR) is 149 cm³/mol. The number of rotatable bonds is 12. The number of hydrogen-bond acceptors (Lipinski definition) is 0. The van der Waals surface area contributed by atoms with Crippen molar-refractivity contribution in [1.29, 1.82) is 0 Å². The van der Waals surface area contributed by atoms with E-state index >= 15 is 0 Å². The highest BCUT2D eigenvalue weighted by atomic mass is 27.0. The summed E-state index contributed by atoms with van der Waals surface area (Å²) in [7, 11) is 0. The van der Waals surface area contributed by atoms with E-state index in [1.807, 2.05) is 0 Å².